The fourth-order valence-electron chi connectivity index (χ4n) is 3.22. The molecular weight excluding hydrogens is 342 g/mol. The molecule has 0 bridgehead atoms. The van der Waals surface area contributed by atoms with E-state index in [9.17, 15) is 14.4 Å². The first-order valence-electron chi connectivity index (χ1n) is 8.52. The first-order valence-corrected chi connectivity index (χ1v) is 8.52. The number of amides is 1. The Morgan fingerprint density at radius 1 is 0.926 bits per heavy atom. The summed E-state index contributed by atoms with van der Waals surface area (Å²) in [5.74, 6) is -0.892. The lowest BCUT2D eigenvalue weighted by Gasteiger charge is -2.19. The van der Waals surface area contributed by atoms with Gasteiger partial charge in [0.25, 0.3) is 11.5 Å². The zero-order valence-electron chi connectivity index (χ0n) is 14.9. The lowest BCUT2D eigenvalue weighted by atomic mass is 9.93. The van der Waals surface area contributed by atoms with Gasteiger partial charge in [-0.05, 0) is 43.7 Å². The van der Waals surface area contributed by atoms with E-state index in [1.54, 1.807) is 31.2 Å². The van der Waals surface area contributed by atoms with Gasteiger partial charge in [-0.15, -0.1) is 0 Å². The molecule has 6 heteroatoms. The number of fused-ring (bicyclic) bond motifs is 1. The molecule has 1 aliphatic rings. The molecule has 0 unspecified atom stereocenters. The van der Waals surface area contributed by atoms with Crippen LogP contribution < -0.4 is 10.9 Å². The van der Waals surface area contributed by atoms with Crippen LogP contribution in [0.2, 0.25) is 0 Å². The number of hydrogen-bond acceptors (Lipinski definition) is 3. The van der Waals surface area contributed by atoms with Crippen molar-refractivity contribution in [2.24, 2.45) is 0 Å². The molecule has 1 aliphatic heterocycles. The van der Waals surface area contributed by atoms with Crippen LogP contribution >= 0.6 is 0 Å². The Kier molecular flexibility index (Phi) is 3.88. The fourth-order valence-corrected chi connectivity index (χ4v) is 3.22. The molecule has 2 heterocycles. The smallest absolute Gasteiger partial charge is 0.278 e. The number of nitrogens with one attached hydrogen (secondary N) is 2. The van der Waals surface area contributed by atoms with Crippen molar-refractivity contribution in [2.75, 3.05) is 5.32 Å². The number of hydrogen-bond donors (Lipinski definition) is 2. The van der Waals surface area contributed by atoms with Crippen LogP contribution in [0, 0.1) is 13.8 Å². The SMILES string of the molecule is Cc1cccc2c1NC(=O)/C(=C\c1c(C)[nH]n(-c3ccccc3)c1=O)C2=O. The summed E-state index contributed by atoms with van der Waals surface area (Å²) in [6.07, 6.45) is 1.37. The van der Waals surface area contributed by atoms with Gasteiger partial charge >= 0.3 is 0 Å². The second-order valence-electron chi connectivity index (χ2n) is 6.47. The van der Waals surface area contributed by atoms with Gasteiger partial charge in [0.1, 0.15) is 0 Å². The largest absolute Gasteiger partial charge is 0.321 e. The predicted octanol–water partition coefficient (Wildman–Crippen LogP) is 3.00. The van der Waals surface area contributed by atoms with Crippen molar-refractivity contribution in [3.63, 3.8) is 0 Å². The van der Waals surface area contributed by atoms with Crippen molar-refractivity contribution in [1.29, 1.82) is 0 Å². The number of ketones is 1. The van der Waals surface area contributed by atoms with Gasteiger partial charge in [-0.1, -0.05) is 30.3 Å². The number of Topliss-reactive ketones (excluding diaryl/α,β-unsaturated/α-hetero) is 1. The maximum Gasteiger partial charge on any atom is 0.278 e. The first-order chi connectivity index (χ1) is 13.0. The first kappa shape index (κ1) is 16.8. The summed E-state index contributed by atoms with van der Waals surface area (Å²) >= 11 is 0. The molecule has 0 atom stereocenters. The molecule has 3 aromatic rings. The second kappa shape index (κ2) is 6.25. The van der Waals surface area contributed by atoms with Gasteiger partial charge < -0.3 is 5.32 Å². The molecule has 1 aromatic heterocycles. The van der Waals surface area contributed by atoms with E-state index < -0.39 is 5.91 Å². The lowest BCUT2D eigenvalue weighted by Crippen LogP contribution is -2.28. The number of aromatic amines is 1. The fraction of sp³-hybridized carbons (Fsp3) is 0.0952. The van der Waals surface area contributed by atoms with Crippen LogP contribution in [0.5, 0.6) is 0 Å². The van der Waals surface area contributed by atoms with Gasteiger partial charge in [-0.2, -0.15) is 0 Å². The highest BCUT2D eigenvalue weighted by Crippen LogP contribution is 2.29. The summed E-state index contributed by atoms with van der Waals surface area (Å²) in [5, 5.41) is 5.75. The third-order valence-electron chi connectivity index (χ3n) is 4.67. The van der Waals surface area contributed by atoms with E-state index in [4.69, 9.17) is 0 Å². The quantitative estimate of drug-likeness (QED) is 0.545. The van der Waals surface area contributed by atoms with E-state index in [2.05, 4.69) is 10.4 Å². The molecular formula is C21H17N3O3. The number of nitrogens with zero attached hydrogens (tertiary/aromatic N) is 1. The Balaban J connectivity index is 1.83. The number of carbonyl (C=O) groups excluding carboxylic acids is 2. The van der Waals surface area contributed by atoms with Gasteiger partial charge in [0.2, 0.25) is 5.78 Å². The number of anilines is 1. The normalized spacial score (nSPS) is 15.0. The van der Waals surface area contributed by atoms with Crippen LogP contribution in [-0.2, 0) is 4.79 Å². The highest BCUT2D eigenvalue weighted by molar-refractivity contribution is 6.36. The molecule has 6 nitrogen and oxygen atoms in total. The monoisotopic (exact) mass is 359 g/mol. The number of benzene rings is 2. The van der Waals surface area contributed by atoms with E-state index >= 15 is 0 Å². The minimum atomic E-state index is -0.506. The van der Waals surface area contributed by atoms with Crippen LogP contribution in [-0.4, -0.2) is 21.5 Å². The highest BCUT2D eigenvalue weighted by Gasteiger charge is 2.30. The topological polar surface area (TPSA) is 84.0 Å². The van der Waals surface area contributed by atoms with Gasteiger partial charge in [0.15, 0.2) is 0 Å². The van der Waals surface area contributed by atoms with Crippen molar-refractivity contribution in [3.8, 4) is 5.69 Å². The number of H-pyrrole nitrogens is 1. The third-order valence-corrected chi connectivity index (χ3v) is 4.67. The van der Waals surface area contributed by atoms with Crippen molar-refractivity contribution in [2.45, 2.75) is 13.8 Å². The Morgan fingerprint density at radius 2 is 1.67 bits per heavy atom. The molecule has 0 aliphatic carbocycles. The summed E-state index contributed by atoms with van der Waals surface area (Å²) < 4.78 is 1.39. The van der Waals surface area contributed by atoms with E-state index in [-0.39, 0.29) is 22.5 Å². The predicted molar refractivity (Wildman–Crippen MR) is 103 cm³/mol. The van der Waals surface area contributed by atoms with Gasteiger partial charge in [-0.3, -0.25) is 19.5 Å². The minimum Gasteiger partial charge on any atom is -0.321 e. The Bertz CT molecular complexity index is 1170. The molecule has 4 rings (SSSR count). The van der Waals surface area contributed by atoms with E-state index in [1.165, 1.54) is 10.8 Å². The number of rotatable bonds is 2. The molecule has 0 fully saturated rings. The van der Waals surface area contributed by atoms with E-state index in [1.807, 2.05) is 31.2 Å². The van der Waals surface area contributed by atoms with Crippen LogP contribution in [0.1, 0.15) is 27.2 Å². The van der Waals surface area contributed by atoms with Crippen LogP contribution in [0.25, 0.3) is 11.8 Å². The molecule has 0 radical (unpaired) electrons. The molecule has 0 spiro atoms. The number of aryl methyl sites for hydroxylation is 2. The number of para-hydroxylation sites is 2. The molecule has 2 aromatic carbocycles. The Hall–Kier alpha value is -3.67. The molecule has 0 saturated heterocycles. The Morgan fingerprint density at radius 3 is 2.41 bits per heavy atom. The molecule has 0 saturated carbocycles. The maximum absolute atomic E-state index is 12.8. The number of aromatic nitrogens is 2. The molecule has 134 valence electrons. The average molecular weight is 359 g/mol. The van der Waals surface area contributed by atoms with Crippen molar-refractivity contribution in [3.05, 3.63) is 86.8 Å². The van der Waals surface area contributed by atoms with Gasteiger partial charge in [-0.25, -0.2) is 4.68 Å². The van der Waals surface area contributed by atoms with Gasteiger partial charge in [0, 0.05) is 11.3 Å². The minimum absolute atomic E-state index is 0.0486. The standard InChI is InChI=1S/C21H17N3O3/c1-12-7-6-10-15-18(12)22-20(26)17(19(15)25)11-16-13(2)23-24(21(16)27)14-8-4-3-5-9-14/h3-11,23H,1-2H3,(H,22,26)/b17-11-. The van der Waals surface area contributed by atoms with Gasteiger partial charge in [0.05, 0.1) is 22.5 Å². The zero-order chi connectivity index (χ0) is 19.1. The van der Waals surface area contributed by atoms with E-state index in [0.29, 0.717) is 22.6 Å². The second-order valence-corrected chi connectivity index (χ2v) is 6.47. The van der Waals surface area contributed by atoms with Crippen LogP contribution in [0.15, 0.2) is 58.9 Å². The van der Waals surface area contributed by atoms with Crippen LogP contribution in [0.4, 0.5) is 5.69 Å². The summed E-state index contributed by atoms with van der Waals surface area (Å²) in [5.41, 5.74) is 2.94. The molecule has 2 N–H and O–H groups in total. The van der Waals surface area contributed by atoms with Crippen molar-refractivity contribution < 1.29 is 9.59 Å². The maximum atomic E-state index is 12.8. The van der Waals surface area contributed by atoms with Crippen molar-refractivity contribution in [1.82, 2.24) is 9.78 Å². The highest BCUT2D eigenvalue weighted by atomic mass is 16.2. The third kappa shape index (κ3) is 2.71. The van der Waals surface area contributed by atoms with Crippen LogP contribution in [0.3, 0.4) is 0 Å². The molecule has 27 heavy (non-hydrogen) atoms. The Labute approximate surface area is 155 Å². The summed E-state index contributed by atoms with van der Waals surface area (Å²) in [4.78, 5) is 38.2. The zero-order valence-corrected chi connectivity index (χ0v) is 14.9. The summed E-state index contributed by atoms with van der Waals surface area (Å²) in [6.45, 7) is 3.56. The lowest BCUT2D eigenvalue weighted by molar-refractivity contribution is -0.112. The number of carbonyl (C=O) groups is 2. The molecule has 1 amide bonds. The summed E-state index contributed by atoms with van der Waals surface area (Å²) in [7, 11) is 0. The van der Waals surface area contributed by atoms with Crippen molar-refractivity contribution >= 4 is 23.5 Å². The average Bonchev–Trinajstić information content (AvgIpc) is 2.94. The van der Waals surface area contributed by atoms with E-state index in [0.717, 1.165) is 5.56 Å². The summed E-state index contributed by atoms with van der Waals surface area (Å²) in [6, 6.07) is 14.4.